The molecule has 1 saturated carbocycles. The second-order valence-corrected chi connectivity index (χ2v) is 6.00. The molecule has 100 valence electrons. The molecule has 2 heteroatoms. The molecule has 1 atom stereocenters. The maximum Gasteiger partial charge on any atom is 0.0306 e. The Hall–Kier alpha value is -0.860. The lowest BCUT2D eigenvalue weighted by molar-refractivity contribution is 0.336. The highest BCUT2D eigenvalue weighted by molar-refractivity contribution is 5.18. The molecule has 0 spiro atoms. The van der Waals surface area contributed by atoms with Gasteiger partial charge in [-0.05, 0) is 42.7 Å². The van der Waals surface area contributed by atoms with Crippen LogP contribution in [0.4, 0.5) is 0 Å². The first-order chi connectivity index (χ1) is 8.64. The molecule has 0 radical (unpaired) electrons. The quantitative estimate of drug-likeness (QED) is 0.726. The van der Waals surface area contributed by atoms with Gasteiger partial charge in [0.1, 0.15) is 0 Å². The molecule has 0 aliphatic heterocycles. The highest BCUT2D eigenvalue weighted by Gasteiger charge is 2.44. The van der Waals surface area contributed by atoms with Crippen LogP contribution in [0.2, 0.25) is 0 Å². The summed E-state index contributed by atoms with van der Waals surface area (Å²) in [5, 5.41) is 3.59. The van der Waals surface area contributed by atoms with Crippen LogP contribution in [0.15, 0.2) is 30.3 Å². The third-order valence-electron chi connectivity index (χ3n) is 4.45. The van der Waals surface area contributed by atoms with Gasteiger partial charge in [0.25, 0.3) is 0 Å². The topological polar surface area (TPSA) is 38.0 Å². The van der Waals surface area contributed by atoms with Crippen LogP contribution in [0, 0.1) is 11.3 Å². The van der Waals surface area contributed by atoms with Crippen LogP contribution in [0.5, 0.6) is 0 Å². The van der Waals surface area contributed by atoms with Gasteiger partial charge in [-0.15, -0.1) is 0 Å². The van der Waals surface area contributed by atoms with E-state index >= 15 is 0 Å². The van der Waals surface area contributed by atoms with Crippen molar-refractivity contribution in [3.8, 4) is 0 Å². The predicted octanol–water partition coefficient (Wildman–Crippen LogP) is 3.10. The Bertz CT molecular complexity index is 355. The maximum atomic E-state index is 6.18. The second-order valence-electron chi connectivity index (χ2n) is 6.00. The molecule has 0 heterocycles. The molecular formula is C16H26N2. The van der Waals surface area contributed by atoms with Gasteiger partial charge in [0, 0.05) is 12.6 Å². The van der Waals surface area contributed by atoms with Crippen LogP contribution in [0.25, 0.3) is 0 Å². The number of hydrogen-bond donors (Lipinski definition) is 2. The van der Waals surface area contributed by atoms with Gasteiger partial charge in [0.2, 0.25) is 0 Å². The van der Waals surface area contributed by atoms with Gasteiger partial charge in [-0.3, -0.25) is 0 Å². The molecule has 1 fully saturated rings. The lowest BCUT2D eigenvalue weighted by Crippen LogP contribution is -2.29. The van der Waals surface area contributed by atoms with E-state index in [1.54, 1.807) is 0 Å². The highest BCUT2D eigenvalue weighted by Crippen LogP contribution is 2.51. The van der Waals surface area contributed by atoms with E-state index in [1.165, 1.54) is 18.4 Å². The molecule has 1 aromatic rings. The summed E-state index contributed by atoms with van der Waals surface area (Å²) in [6.45, 7) is 6.85. The largest absolute Gasteiger partial charge is 0.324 e. The number of nitrogens with one attached hydrogen (secondary N) is 1. The van der Waals surface area contributed by atoms with Crippen molar-refractivity contribution in [3.05, 3.63) is 35.9 Å². The van der Waals surface area contributed by atoms with Gasteiger partial charge in [-0.25, -0.2) is 0 Å². The van der Waals surface area contributed by atoms with Crippen molar-refractivity contribution in [1.29, 1.82) is 0 Å². The maximum absolute atomic E-state index is 6.18. The summed E-state index contributed by atoms with van der Waals surface area (Å²) in [5.74, 6) is 0.799. The highest BCUT2D eigenvalue weighted by atomic mass is 14.9. The summed E-state index contributed by atoms with van der Waals surface area (Å²) in [7, 11) is 0. The predicted molar refractivity (Wildman–Crippen MR) is 77.4 cm³/mol. The van der Waals surface area contributed by atoms with Crippen LogP contribution in [0.1, 0.15) is 44.7 Å². The minimum Gasteiger partial charge on any atom is -0.324 e. The molecule has 0 saturated heterocycles. The first kappa shape index (κ1) is 13.6. The Morgan fingerprint density at radius 2 is 1.89 bits per heavy atom. The third kappa shape index (κ3) is 3.33. The normalized spacial score (nSPS) is 18.9. The molecule has 0 bridgehead atoms. The fourth-order valence-corrected chi connectivity index (χ4v) is 2.58. The van der Waals surface area contributed by atoms with E-state index in [0.717, 1.165) is 25.4 Å². The van der Waals surface area contributed by atoms with Crippen LogP contribution in [-0.4, -0.2) is 13.1 Å². The van der Waals surface area contributed by atoms with Gasteiger partial charge in [0.15, 0.2) is 0 Å². The minimum absolute atomic E-state index is 0.160. The Labute approximate surface area is 111 Å². The molecule has 0 amide bonds. The van der Waals surface area contributed by atoms with E-state index in [4.69, 9.17) is 5.73 Å². The van der Waals surface area contributed by atoms with Gasteiger partial charge >= 0.3 is 0 Å². The molecule has 0 aromatic heterocycles. The lowest BCUT2D eigenvalue weighted by Gasteiger charge is -2.21. The Morgan fingerprint density at radius 3 is 2.44 bits per heavy atom. The number of hydrogen-bond acceptors (Lipinski definition) is 2. The third-order valence-corrected chi connectivity index (χ3v) is 4.45. The average molecular weight is 246 g/mol. The summed E-state index contributed by atoms with van der Waals surface area (Å²) in [5.41, 5.74) is 8.01. The summed E-state index contributed by atoms with van der Waals surface area (Å²) in [6.07, 6.45) is 3.79. The van der Waals surface area contributed by atoms with Crippen LogP contribution in [-0.2, 0) is 0 Å². The van der Waals surface area contributed by atoms with Crippen LogP contribution >= 0.6 is 0 Å². The summed E-state index contributed by atoms with van der Waals surface area (Å²) in [6, 6.07) is 10.5. The van der Waals surface area contributed by atoms with Crippen LogP contribution in [0.3, 0.4) is 0 Å². The van der Waals surface area contributed by atoms with Crippen molar-refractivity contribution in [2.45, 2.75) is 39.2 Å². The second kappa shape index (κ2) is 5.85. The Morgan fingerprint density at radius 1 is 1.22 bits per heavy atom. The number of nitrogens with two attached hydrogens (primary N) is 1. The Kier molecular flexibility index (Phi) is 4.41. The Balaban J connectivity index is 1.67. The molecule has 1 aromatic carbocycles. The van der Waals surface area contributed by atoms with Gasteiger partial charge < -0.3 is 11.1 Å². The number of rotatable bonds is 7. The van der Waals surface area contributed by atoms with Crippen molar-refractivity contribution in [1.82, 2.24) is 5.32 Å². The van der Waals surface area contributed by atoms with Gasteiger partial charge in [0.05, 0.1) is 0 Å². The van der Waals surface area contributed by atoms with Gasteiger partial charge in [-0.2, -0.15) is 0 Å². The first-order valence-corrected chi connectivity index (χ1v) is 7.15. The molecule has 2 rings (SSSR count). The summed E-state index contributed by atoms with van der Waals surface area (Å²) < 4.78 is 0. The van der Waals surface area contributed by atoms with Crippen molar-refractivity contribution < 1.29 is 0 Å². The number of benzene rings is 1. The molecule has 1 aliphatic rings. The van der Waals surface area contributed by atoms with Gasteiger partial charge in [-0.1, -0.05) is 44.2 Å². The van der Waals surface area contributed by atoms with E-state index in [2.05, 4.69) is 43.4 Å². The molecule has 1 unspecified atom stereocenters. The monoisotopic (exact) mass is 246 g/mol. The molecular weight excluding hydrogens is 220 g/mol. The molecule has 3 N–H and O–H groups in total. The average Bonchev–Trinajstić information content (AvgIpc) is 3.17. The van der Waals surface area contributed by atoms with E-state index in [9.17, 15) is 0 Å². The standard InChI is InChI=1S/C16H26N2/c1-13(2)16(9-10-16)12-18-11-8-15(17)14-6-4-3-5-7-14/h3-7,13,15,18H,8-12,17H2,1-2H3. The summed E-state index contributed by atoms with van der Waals surface area (Å²) in [4.78, 5) is 0. The lowest BCUT2D eigenvalue weighted by atomic mass is 9.92. The zero-order chi connectivity index (χ0) is 13.0. The molecule has 18 heavy (non-hydrogen) atoms. The fourth-order valence-electron chi connectivity index (χ4n) is 2.58. The van der Waals surface area contributed by atoms with Crippen molar-refractivity contribution in [2.75, 3.05) is 13.1 Å². The van der Waals surface area contributed by atoms with E-state index < -0.39 is 0 Å². The molecule has 2 nitrogen and oxygen atoms in total. The van der Waals surface area contributed by atoms with E-state index in [0.29, 0.717) is 5.41 Å². The van der Waals surface area contributed by atoms with Crippen molar-refractivity contribution >= 4 is 0 Å². The van der Waals surface area contributed by atoms with E-state index in [-0.39, 0.29) is 6.04 Å². The smallest absolute Gasteiger partial charge is 0.0306 e. The fraction of sp³-hybridized carbons (Fsp3) is 0.625. The minimum atomic E-state index is 0.160. The SMILES string of the molecule is CC(C)C1(CNCCC(N)c2ccccc2)CC1. The zero-order valence-corrected chi connectivity index (χ0v) is 11.7. The zero-order valence-electron chi connectivity index (χ0n) is 11.7. The van der Waals surface area contributed by atoms with E-state index in [1.807, 2.05) is 6.07 Å². The first-order valence-electron chi connectivity index (χ1n) is 7.15. The molecule has 1 aliphatic carbocycles. The van der Waals surface area contributed by atoms with Crippen molar-refractivity contribution in [3.63, 3.8) is 0 Å². The van der Waals surface area contributed by atoms with Crippen molar-refractivity contribution in [2.24, 2.45) is 17.1 Å². The summed E-state index contributed by atoms with van der Waals surface area (Å²) >= 11 is 0. The van der Waals surface area contributed by atoms with Crippen LogP contribution < -0.4 is 11.1 Å².